The molecule has 0 aromatic heterocycles. The molecule has 2 rings (SSSR count). The summed E-state index contributed by atoms with van der Waals surface area (Å²) in [4.78, 5) is 0.0463. The van der Waals surface area contributed by atoms with Crippen LogP contribution in [0.1, 0.15) is 0 Å². The van der Waals surface area contributed by atoms with Crippen LogP contribution in [0.2, 0.25) is 5.02 Å². The van der Waals surface area contributed by atoms with Gasteiger partial charge in [0.15, 0.2) is 0 Å². The number of amidine groups is 1. The molecule has 5 nitrogen and oxygen atoms in total. The first-order valence-corrected chi connectivity index (χ1v) is 6.48. The normalized spacial score (nSPS) is 17.5. The topological polar surface area (TPSA) is 81.8 Å². The number of hydrogen-bond donors (Lipinski definition) is 1. The minimum absolute atomic E-state index is 0.0280. The lowest BCUT2D eigenvalue weighted by Crippen LogP contribution is -2.07. The van der Waals surface area contributed by atoms with Crippen molar-refractivity contribution in [2.24, 2.45) is 10.1 Å². The van der Waals surface area contributed by atoms with Crippen LogP contribution in [0.4, 0.5) is 0 Å². The summed E-state index contributed by atoms with van der Waals surface area (Å²) >= 11 is 5.71. The van der Waals surface area contributed by atoms with Crippen LogP contribution < -0.4 is 10.5 Å². The Balaban J connectivity index is 2.05. The molecule has 0 radical (unpaired) electrons. The van der Waals surface area contributed by atoms with E-state index in [0.717, 1.165) is 0 Å². The molecule has 0 bridgehead atoms. The van der Waals surface area contributed by atoms with E-state index in [2.05, 4.69) is 4.40 Å². The van der Waals surface area contributed by atoms with Gasteiger partial charge in [-0.3, -0.25) is 0 Å². The van der Waals surface area contributed by atoms with Crippen LogP contribution in [0.25, 0.3) is 0 Å². The first-order chi connectivity index (χ1) is 7.97. The van der Waals surface area contributed by atoms with Crippen molar-refractivity contribution in [2.45, 2.75) is 0 Å². The fourth-order valence-corrected chi connectivity index (χ4v) is 2.32. The predicted octanol–water partition coefficient (Wildman–Crippen LogP) is 1.30. The standard InChI is InChI=1S/C10H9ClN2O3S/c11-7-1-3-8(4-2-7)16-6-9-5-10(12)13-17(9,14)15/h1-5H,6H2,(H2,12,13). The van der Waals surface area contributed by atoms with Gasteiger partial charge in [-0.2, -0.15) is 8.42 Å². The predicted molar refractivity (Wildman–Crippen MR) is 65.6 cm³/mol. The maximum Gasteiger partial charge on any atom is 0.283 e. The molecular formula is C10H9ClN2O3S. The van der Waals surface area contributed by atoms with Crippen LogP contribution >= 0.6 is 11.6 Å². The summed E-state index contributed by atoms with van der Waals surface area (Å²) in [6.07, 6.45) is 1.28. The molecule has 2 N–H and O–H groups in total. The van der Waals surface area contributed by atoms with E-state index in [9.17, 15) is 8.42 Å². The van der Waals surface area contributed by atoms with Crippen LogP contribution in [-0.2, 0) is 10.0 Å². The summed E-state index contributed by atoms with van der Waals surface area (Å²) in [5.41, 5.74) is 5.31. The Morgan fingerprint density at radius 2 is 1.94 bits per heavy atom. The number of ether oxygens (including phenoxy) is 1. The van der Waals surface area contributed by atoms with E-state index in [-0.39, 0.29) is 17.3 Å². The van der Waals surface area contributed by atoms with Crippen LogP contribution in [-0.4, -0.2) is 20.9 Å². The molecule has 1 heterocycles. The van der Waals surface area contributed by atoms with Gasteiger partial charge < -0.3 is 10.5 Å². The fourth-order valence-electron chi connectivity index (χ4n) is 1.26. The zero-order valence-corrected chi connectivity index (χ0v) is 10.2. The van der Waals surface area contributed by atoms with Gasteiger partial charge in [-0.1, -0.05) is 11.6 Å². The Morgan fingerprint density at radius 1 is 1.29 bits per heavy atom. The van der Waals surface area contributed by atoms with E-state index < -0.39 is 10.0 Å². The van der Waals surface area contributed by atoms with Gasteiger partial charge in [0.1, 0.15) is 23.1 Å². The molecule has 0 spiro atoms. The zero-order valence-electron chi connectivity index (χ0n) is 8.63. The molecule has 0 atom stereocenters. The quantitative estimate of drug-likeness (QED) is 0.899. The highest BCUT2D eigenvalue weighted by Gasteiger charge is 2.23. The van der Waals surface area contributed by atoms with E-state index in [4.69, 9.17) is 22.1 Å². The Bertz CT molecular complexity index is 590. The molecule has 90 valence electrons. The molecule has 1 aliphatic rings. The third-order valence-electron chi connectivity index (χ3n) is 2.06. The van der Waals surface area contributed by atoms with E-state index in [1.165, 1.54) is 6.08 Å². The van der Waals surface area contributed by atoms with Crippen molar-refractivity contribution in [3.8, 4) is 5.75 Å². The Hall–Kier alpha value is -1.53. The van der Waals surface area contributed by atoms with Gasteiger partial charge in [0.05, 0.1) is 0 Å². The molecule has 0 saturated heterocycles. The molecule has 0 unspecified atom stereocenters. The Kier molecular flexibility index (Phi) is 3.08. The van der Waals surface area contributed by atoms with Gasteiger partial charge in [-0.05, 0) is 24.3 Å². The summed E-state index contributed by atoms with van der Waals surface area (Å²) < 4.78 is 31.4. The van der Waals surface area contributed by atoms with Crippen LogP contribution in [0.5, 0.6) is 5.75 Å². The van der Waals surface area contributed by atoms with Gasteiger partial charge in [-0.25, -0.2) is 0 Å². The van der Waals surface area contributed by atoms with Gasteiger partial charge in [0.25, 0.3) is 10.0 Å². The third kappa shape index (κ3) is 2.78. The first kappa shape index (κ1) is 11.9. The van der Waals surface area contributed by atoms with Gasteiger partial charge in [-0.15, -0.1) is 4.40 Å². The molecule has 0 aliphatic carbocycles. The Labute approximate surface area is 104 Å². The maximum absolute atomic E-state index is 11.4. The van der Waals surface area contributed by atoms with E-state index in [1.54, 1.807) is 24.3 Å². The number of rotatable bonds is 3. The van der Waals surface area contributed by atoms with Crippen LogP contribution in [0, 0.1) is 0 Å². The second kappa shape index (κ2) is 4.38. The summed E-state index contributed by atoms with van der Waals surface area (Å²) in [7, 11) is -3.64. The minimum Gasteiger partial charge on any atom is -0.488 e. The van der Waals surface area contributed by atoms with Crippen molar-refractivity contribution in [1.82, 2.24) is 0 Å². The highest BCUT2D eigenvalue weighted by molar-refractivity contribution is 7.94. The molecule has 17 heavy (non-hydrogen) atoms. The number of halogens is 1. The SMILES string of the molecule is NC1=NS(=O)(=O)C(COc2ccc(Cl)cc2)=C1. The summed E-state index contributed by atoms with van der Waals surface area (Å²) in [5.74, 6) is 0.496. The molecule has 0 amide bonds. The lowest BCUT2D eigenvalue weighted by Gasteiger charge is -2.05. The fraction of sp³-hybridized carbons (Fsp3) is 0.100. The highest BCUT2D eigenvalue weighted by atomic mass is 35.5. The first-order valence-electron chi connectivity index (χ1n) is 4.67. The molecule has 1 aromatic rings. The summed E-state index contributed by atoms with van der Waals surface area (Å²) in [5, 5.41) is 0.581. The van der Waals surface area contributed by atoms with E-state index in [1.807, 2.05) is 0 Å². The number of benzene rings is 1. The monoisotopic (exact) mass is 272 g/mol. The summed E-state index contributed by atoms with van der Waals surface area (Å²) in [6, 6.07) is 6.60. The summed E-state index contributed by atoms with van der Waals surface area (Å²) in [6.45, 7) is -0.103. The number of nitrogens with zero attached hydrogens (tertiary/aromatic N) is 1. The molecule has 1 aromatic carbocycles. The van der Waals surface area contributed by atoms with Crippen LogP contribution in [0.15, 0.2) is 39.6 Å². The smallest absolute Gasteiger partial charge is 0.283 e. The van der Waals surface area contributed by atoms with Crippen molar-refractivity contribution in [3.63, 3.8) is 0 Å². The van der Waals surface area contributed by atoms with Crippen LogP contribution in [0.3, 0.4) is 0 Å². The number of sulfonamides is 1. The zero-order chi connectivity index (χ0) is 12.5. The molecule has 0 saturated carbocycles. The van der Waals surface area contributed by atoms with Crippen molar-refractivity contribution in [1.29, 1.82) is 0 Å². The maximum atomic E-state index is 11.4. The van der Waals surface area contributed by atoms with Gasteiger partial charge in [0.2, 0.25) is 0 Å². The molecule has 1 aliphatic heterocycles. The van der Waals surface area contributed by atoms with Gasteiger partial charge >= 0.3 is 0 Å². The molecular weight excluding hydrogens is 264 g/mol. The second-order valence-electron chi connectivity index (χ2n) is 3.34. The van der Waals surface area contributed by atoms with E-state index in [0.29, 0.717) is 10.8 Å². The van der Waals surface area contributed by atoms with E-state index >= 15 is 0 Å². The largest absolute Gasteiger partial charge is 0.488 e. The molecule has 0 fully saturated rings. The second-order valence-corrected chi connectivity index (χ2v) is 5.44. The lowest BCUT2D eigenvalue weighted by molar-refractivity contribution is 0.358. The van der Waals surface area contributed by atoms with Crippen molar-refractivity contribution in [2.75, 3.05) is 6.61 Å². The average molecular weight is 273 g/mol. The third-order valence-corrected chi connectivity index (χ3v) is 3.66. The Morgan fingerprint density at radius 3 is 2.47 bits per heavy atom. The van der Waals surface area contributed by atoms with Crippen molar-refractivity contribution < 1.29 is 13.2 Å². The minimum atomic E-state index is -3.64. The molecule has 7 heteroatoms. The highest BCUT2D eigenvalue weighted by Crippen LogP contribution is 2.19. The average Bonchev–Trinajstić information content (AvgIpc) is 2.51. The van der Waals surface area contributed by atoms with Crippen molar-refractivity contribution in [3.05, 3.63) is 40.3 Å². The number of hydrogen-bond acceptors (Lipinski definition) is 4. The lowest BCUT2D eigenvalue weighted by atomic mass is 10.3. The number of nitrogens with two attached hydrogens (primary N) is 1. The van der Waals surface area contributed by atoms with Gasteiger partial charge in [0, 0.05) is 11.1 Å². The van der Waals surface area contributed by atoms with Crippen molar-refractivity contribution >= 4 is 27.5 Å².